The van der Waals surface area contributed by atoms with E-state index < -0.39 is 11.8 Å². The average molecular weight is 469 g/mol. The van der Waals surface area contributed by atoms with Crippen molar-refractivity contribution >= 4 is 5.91 Å². The third-order valence-electron chi connectivity index (χ3n) is 6.80. The topological polar surface area (TPSA) is 53.0 Å². The highest BCUT2D eigenvalue weighted by atomic mass is 19.1. The predicted octanol–water partition coefficient (Wildman–Crippen LogP) is 4.79. The number of β-amino-alcohol motifs (C(OH)–C–C–N with tert-alkyl or cyclic N) is 1. The fourth-order valence-electron chi connectivity index (χ4n) is 4.93. The van der Waals surface area contributed by atoms with E-state index in [4.69, 9.17) is 4.74 Å². The number of rotatable bonds is 7. The summed E-state index contributed by atoms with van der Waals surface area (Å²) in [6, 6.07) is 15.7. The number of carbonyl (C=O) groups is 1. The molecule has 4 rings (SSSR count). The van der Waals surface area contributed by atoms with E-state index in [1.807, 2.05) is 48.5 Å². The first-order valence-electron chi connectivity index (χ1n) is 12.5. The highest BCUT2D eigenvalue weighted by molar-refractivity contribution is 5.94. The van der Waals surface area contributed by atoms with Crippen LogP contribution in [0.5, 0.6) is 5.75 Å². The fraction of sp³-hybridized carbons (Fsp3) is 0.536. The zero-order valence-electron chi connectivity index (χ0n) is 20.4. The van der Waals surface area contributed by atoms with Crippen molar-refractivity contribution in [3.8, 4) is 16.9 Å². The molecule has 2 aromatic carbocycles. The molecule has 2 saturated heterocycles. The van der Waals surface area contributed by atoms with E-state index >= 15 is 0 Å². The molecule has 34 heavy (non-hydrogen) atoms. The summed E-state index contributed by atoms with van der Waals surface area (Å²) in [4.78, 5) is 16.6. The number of likely N-dealkylation sites (tertiary alicyclic amines) is 2. The molecule has 184 valence electrons. The largest absolute Gasteiger partial charge is 0.493 e. The number of piperidine rings is 2. The van der Waals surface area contributed by atoms with Crippen LogP contribution in [-0.4, -0.2) is 71.9 Å². The smallest absolute Gasteiger partial charge is 0.253 e. The van der Waals surface area contributed by atoms with Gasteiger partial charge in [0.05, 0.1) is 12.7 Å². The molecular weight excluding hydrogens is 431 g/mol. The molecule has 0 spiro atoms. The van der Waals surface area contributed by atoms with Crippen LogP contribution in [0, 0.1) is 5.92 Å². The van der Waals surface area contributed by atoms with E-state index in [1.54, 1.807) is 18.7 Å². The van der Waals surface area contributed by atoms with Crippen molar-refractivity contribution in [3.63, 3.8) is 0 Å². The van der Waals surface area contributed by atoms with Crippen molar-refractivity contribution in [1.82, 2.24) is 9.80 Å². The van der Waals surface area contributed by atoms with Gasteiger partial charge in [-0.25, -0.2) is 4.39 Å². The Bertz CT molecular complexity index is 932. The number of ether oxygens (including phenoxy) is 1. The Hall–Kier alpha value is -2.44. The Morgan fingerprint density at radius 3 is 2.21 bits per heavy atom. The van der Waals surface area contributed by atoms with Crippen LogP contribution in [0.25, 0.3) is 11.1 Å². The van der Waals surface area contributed by atoms with Gasteiger partial charge in [-0.1, -0.05) is 24.3 Å². The average Bonchev–Trinajstić information content (AvgIpc) is 2.83. The van der Waals surface area contributed by atoms with E-state index in [1.165, 1.54) is 0 Å². The summed E-state index contributed by atoms with van der Waals surface area (Å²) in [5.74, 6) is 1.34. The van der Waals surface area contributed by atoms with E-state index in [9.17, 15) is 14.3 Å². The Morgan fingerprint density at radius 1 is 1.00 bits per heavy atom. The molecule has 2 aromatic rings. The van der Waals surface area contributed by atoms with Crippen LogP contribution in [0.3, 0.4) is 0 Å². The normalized spacial score (nSPS) is 20.4. The molecule has 6 heteroatoms. The minimum absolute atomic E-state index is 0.0201. The van der Waals surface area contributed by atoms with Crippen molar-refractivity contribution in [3.05, 3.63) is 54.1 Å². The summed E-state index contributed by atoms with van der Waals surface area (Å²) in [5, 5.41) is 9.83. The number of aliphatic hydroxyl groups excluding tert-OH is 1. The number of alkyl halides is 1. The van der Waals surface area contributed by atoms with Crippen molar-refractivity contribution in [2.45, 2.75) is 51.3 Å². The van der Waals surface area contributed by atoms with E-state index in [-0.39, 0.29) is 5.91 Å². The minimum atomic E-state index is -1.14. The van der Waals surface area contributed by atoms with Gasteiger partial charge in [0.1, 0.15) is 11.4 Å². The molecule has 2 aliphatic heterocycles. The van der Waals surface area contributed by atoms with E-state index in [0.717, 1.165) is 55.6 Å². The zero-order valence-corrected chi connectivity index (χ0v) is 20.4. The number of amides is 1. The quantitative estimate of drug-likeness (QED) is 0.635. The number of hydrogen-bond donors (Lipinski definition) is 1. The molecule has 0 unspecified atom stereocenters. The zero-order chi connectivity index (χ0) is 24.1. The van der Waals surface area contributed by atoms with Gasteiger partial charge in [0.25, 0.3) is 5.91 Å². The minimum Gasteiger partial charge on any atom is -0.493 e. The Kier molecular flexibility index (Phi) is 7.89. The van der Waals surface area contributed by atoms with Gasteiger partial charge in [0.15, 0.2) is 0 Å². The fourth-order valence-corrected chi connectivity index (χ4v) is 4.93. The van der Waals surface area contributed by atoms with Crippen molar-refractivity contribution in [2.24, 2.45) is 5.92 Å². The van der Waals surface area contributed by atoms with Crippen LogP contribution < -0.4 is 4.74 Å². The SMILES string of the molecule is CC(C)(F)CN1CCC(COc2ccc(-c3ccc(C(=O)N4CCC[C@H](O)C4)cc3)cc2)CC1. The summed E-state index contributed by atoms with van der Waals surface area (Å²) in [5.41, 5.74) is 1.63. The molecule has 0 radical (unpaired) electrons. The highest BCUT2D eigenvalue weighted by Gasteiger charge is 2.26. The Morgan fingerprint density at radius 2 is 1.62 bits per heavy atom. The van der Waals surface area contributed by atoms with Gasteiger partial charge in [-0.3, -0.25) is 4.79 Å². The number of benzene rings is 2. The van der Waals surface area contributed by atoms with Crippen LogP contribution in [-0.2, 0) is 0 Å². The number of hydrogen-bond acceptors (Lipinski definition) is 4. The summed E-state index contributed by atoms with van der Waals surface area (Å²) >= 11 is 0. The van der Waals surface area contributed by atoms with Crippen molar-refractivity contribution in [2.75, 3.05) is 39.3 Å². The molecule has 1 amide bonds. The molecule has 0 bridgehead atoms. The van der Waals surface area contributed by atoms with Gasteiger partial charge in [0.2, 0.25) is 0 Å². The summed E-state index contributed by atoms with van der Waals surface area (Å²) in [6.45, 7) is 7.44. The third-order valence-corrected chi connectivity index (χ3v) is 6.80. The van der Waals surface area contributed by atoms with Crippen molar-refractivity contribution in [1.29, 1.82) is 0 Å². The molecule has 0 saturated carbocycles. The molecule has 2 heterocycles. The highest BCUT2D eigenvalue weighted by Crippen LogP contribution is 2.25. The maximum Gasteiger partial charge on any atom is 0.253 e. The second-order valence-electron chi connectivity index (χ2n) is 10.4. The number of halogens is 1. The molecule has 2 aliphatic rings. The lowest BCUT2D eigenvalue weighted by Crippen LogP contribution is -2.42. The third kappa shape index (κ3) is 6.80. The first kappa shape index (κ1) is 24.7. The maximum atomic E-state index is 13.8. The van der Waals surface area contributed by atoms with Gasteiger partial charge in [-0.2, -0.15) is 0 Å². The van der Waals surface area contributed by atoms with E-state index in [0.29, 0.717) is 37.7 Å². The lowest BCUT2D eigenvalue weighted by atomic mass is 9.97. The summed E-state index contributed by atoms with van der Waals surface area (Å²) < 4.78 is 19.9. The van der Waals surface area contributed by atoms with Gasteiger partial charge in [0, 0.05) is 25.2 Å². The molecule has 1 atom stereocenters. The van der Waals surface area contributed by atoms with Crippen molar-refractivity contribution < 1.29 is 19.0 Å². The standard InChI is InChI=1S/C28H37FN2O3/c1-28(2,29)20-30-16-13-21(14-17-30)19-34-26-11-9-23(10-12-26)22-5-7-24(8-6-22)27(33)31-15-3-4-25(32)18-31/h5-12,21,25,32H,3-4,13-20H2,1-2H3/t25-/m0/s1. The molecule has 1 N–H and O–H groups in total. The Balaban J connectivity index is 1.26. The van der Waals surface area contributed by atoms with Gasteiger partial charge in [-0.05, 0) is 93.9 Å². The lowest BCUT2D eigenvalue weighted by Gasteiger charge is -2.34. The monoisotopic (exact) mass is 468 g/mol. The molecule has 2 fully saturated rings. The second-order valence-corrected chi connectivity index (χ2v) is 10.4. The predicted molar refractivity (Wildman–Crippen MR) is 133 cm³/mol. The van der Waals surface area contributed by atoms with Crippen LogP contribution in [0.4, 0.5) is 4.39 Å². The first-order valence-corrected chi connectivity index (χ1v) is 12.5. The lowest BCUT2D eigenvalue weighted by molar-refractivity contribution is 0.0474. The Labute approximate surface area is 202 Å². The molecular formula is C28H37FN2O3. The van der Waals surface area contributed by atoms with Gasteiger partial charge >= 0.3 is 0 Å². The molecule has 5 nitrogen and oxygen atoms in total. The van der Waals surface area contributed by atoms with Crippen LogP contribution >= 0.6 is 0 Å². The van der Waals surface area contributed by atoms with Crippen LogP contribution in [0.1, 0.15) is 49.9 Å². The van der Waals surface area contributed by atoms with Crippen LogP contribution in [0.2, 0.25) is 0 Å². The number of nitrogens with zero attached hydrogens (tertiary/aromatic N) is 2. The summed E-state index contributed by atoms with van der Waals surface area (Å²) in [6.07, 6.45) is 3.27. The van der Waals surface area contributed by atoms with Gasteiger partial charge in [-0.15, -0.1) is 0 Å². The summed E-state index contributed by atoms with van der Waals surface area (Å²) in [7, 11) is 0. The molecule has 0 aromatic heterocycles. The maximum absolute atomic E-state index is 13.8. The van der Waals surface area contributed by atoms with Crippen LogP contribution in [0.15, 0.2) is 48.5 Å². The number of carbonyl (C=O) groups excluding carboxylic acids is 1. The van der Waals surface area contributed by atoms with Gasteiger partial charge < -0.3 is 19.6 Å². The first-order chi connectivity index (χ1) is 16.3. The number of aliphatic hydroxyl groups is 1. The molecule has 0 aliphatic carbocycles. The second kappa shape index (κ2) is 10.9. The van der Waals surface area contributed by atoms with E-state index in [2.05, 4.69) is 4.90 Å².